The van der Waals surface area contributed by atoms with E-state index in [1.807, 2.05) is 25.1 Å². The van der Waals surface area contributed by atoms with Crippen LogP contribution in [0.3, 0.4) is 0 Å². The molecule has 0 radical (unpaired) electrons. The predicted octanol–water partition coefficient (Wildman–Crippen LogP) is 2.28. The molecule has 1 heterocycles. The van der Waals surface area contributed by atoms with Gasteiger partial charge in [-0.15, -0.1) is 0 Å². The van der Waals surface area contributed by atoms with Crippen molar-refractivity contribution in [1.29, 1.82) is 0 Å². The number of nitrogens with zero attached hydrogens (tertiary/aromatic N) is 2. The van der Waals surface area contributed by atoms with Gasteiger partial charge >= 0.3 is 5.97 Å². The highest BCUT2D eigenvalue weighted by Crippen LogP contribution is 2.18. The van der Waals surface area contributed by atoms with Crippen LogP contribution in [0, 0.1) is 0 Å². The van der Waals surface area contributed by atoms with E-state index in [2.05, 4.69) is 15.3 Å². The lowest BCUT2D eigenvalue weighted by molar-refractivity contribution is -0.138. The maximum absolute atomic E-state index is 11.4. The first-order chi connectivity index (χ1) is 9.20. The number of anilines is 1. The number of hydrogen-bond acceptors (Lipinski definition) is 4. The molecular weight excluding hydrogens is 242 g/mol. The number of aryl methyl sites for hydroxylation is 1. The fourth-order valence-electron chi connectivity index (χ4n) is 1.75. The largest absolute Gasteiger partial charge is 0.479 e. The molecule has 2 N–H and O–H groups in total. The average molecular weight is 257 g/mol. The first-order valence-electron chi connectivity index (χ1n) is 6.06. The SMILES string of the molecule is CCc1cc(NC(C(=O)O)c2ccccc2)ncn1. The van der Waals surface area contributed by atoms with Gasteiger partial charge in [0.2, 0.25) is 0 Å². The molecule has 98 valence electrons. The summed E-state index contributed by atoms with van der Waals surface area (Å²) in [5.74, 6) is -0.425. The maximum Gasteiger partial charge on any atom is 0.330 e. The van der Waals surface area contributed by atoms with Gasteiger partial charge in [0.1, 0.15) is 12.1 Å². The number of carboxylic acids is 1. The van der Waals surface area contributed by atoms with Gasteiger partial charge in [-0.1, -0.05) is 37.3 Å². The smallest absolute Gasteiger partial charge is 0.330 e. The zero-order chi connectivity index (χ0) is 13.7. The molecule has 2 aromatic rings. The standard InChI is InChI=1S/C14H15N3O2/c1-2-11-8-12(16-9-15-11)17-13(14(18)19)10-6-4-3-5-7-10/h3-9,13H,2H2,1H3,(H,18,19)(H,15,16,17). The van der Waals surface area contributed by atoms with Crippen molar-refractivity contribution < 1.29 is 9.90 Å². The van der Waals surface area contributed by atoms with Gasteiger partial charge in [0.25, 0.3) is 0 Å². The van der Waals surface area contributed by atoms with Gasteiger partial charge in [-0.25, -0.2) is 14.8 Å². The zero-order valence-corrected chi connectivity index (χ0v) is 10.6. The highest BCUT2D eigenvalue weighted by Gasteiger charge is 2.19. The second kappa shape index (κ2) is 5.95. The van der Waals surface area contributed by atoms with E-state index in [4.69, 9.17) is 0 Å². The van der Waals surface area contributed by atoms with Gasteiger partial charge in [0.15, 0.2) is 6.04 Å². The molecular formula is C14H15N3O2. The maximum atomic E-state index is 11.4. The molecule has 0 amide bonds. The minimum atomic E-state index is -0.942. The van der Waals surface area contributed by atoms with Crippen molar-refractivity contribution in [2.24, 2.45) is 0 Å². The molecule has 0 saturated heterocycles. The van der Waals surface area contributed by atoms with Gasteiger partial charge in [-0.3, -0.25) is 0 Å². The summed E-state index contributed by atoms with van der Waals surface area (Å²) in [4.78, 5) is 19.5. The fourth-order valence-corrected chi connectivity index (χ4v) is 1.75. The summed E-state index contributed by atoms with van der Waals surface area (Å²) < 4.78 is 0. The van der Waals surface area contributed by atoms with Crippen LogP contribution in [0.1, 0.15) is 24.2 Å². The third kappa shape index (κ3) is 3.28. The molecule has 1 unspecified atom stereocenters. The molecule has 1 aromatic heterocycles. The molecule has 0 bridgehead atoms. The number of benzene rings is 1. The number of carbonyl (C=O) groups is 1. The Kier molecular flexibility index (Phi) is 4.07. The number of aromatic nitrogens is 2. The lowest BCUT2D eigenvalue weighted by Gasteiger charge is -2.15. The first kappa shape index (κ1) is 13.0. The molecule has 5 nitrogen and oxygen atoms in total. The minimum absolute atomic E-state index is 0.517. The highest BCUT2D eigenvalue weighted by atomic mass is 16.4. The van der Waals surface area contributed by atoms with Crippen molar-refractivity contribution in [1.82, 2.24) is 9.97 Å². The Morgan fingerprint density at radius 1 is 1.32 bits per heavy atom. The summed E-state index contributed by atoms with van der Waals surface area (Å²) in [6, 6.07) is 9.96. The summed E-state index contributed by atoms with van der Waals surface area (Å²) in [5, 5.41) is 12.2. The Labute approximate surface area is 111 Å². The molecule has 0 saturated carbocycles. The summed E-state index contributed by atoms with van der Waals surface area (Å²) in [6.45, 7) is 1.98. The molecule has 1 atom stereocenters. The Morgan fingerprint density at radius 3 is 2.68 bits per heavy atom. The second-order valence-electron chi connectivity index (χ2n) is 4.07. The van der Waals surface area contributed by atoms with E-state index in [1.54, 1.807) is 18.2 Å². The number of aliphatic carboxylic acids is 1. The molecule has 19 heavy (non-hydrogen) atoms. The van der Waals surface area contributed by atoms with E-state index < -0.39 is 12.0 Å². The van der Waals surface area contributed by atoms with Crippen molar-refractivity contribution in [2.45, 2.75) is 19.4 Å². The highest BCUT2D eigenvalue weighted by molar-refractivity contribution is 5.78. The molecule has 1 aromatic carbocycles. The third-order valence-electron chi connectivity index (χ3n) is 2.76. The monoisotopic (exact) mass is 257 g/mol. The molecule has 0 spiro atoms. The third-order valence-corrected chi connectivity index (χ3v) is 2.76. The minimum Gasteiger partial charge on any atom is -0.479 e. The van der Waals surface area contributed by atoms with Gasteiger partial charge in [-0.2, -0.15) is 0 Å². The Hall–Kier alpha value is -2.43. The van der Waals surface area contributed by atoms with Gasteiger partial charge in [0, 0.05) is 11.8 Å². The van der Waals surface area contributed by atoms with Crippen LogP contribution < -0.4 is 5.32 Å². The zero-order valence-electron chi connectivity index (χ0n) is 10.6. The van der Waals surface area contributed by atoms with Crippen molar-refractivity contribution in [2.75, 3.05) is 5.32 Å². The van der Waals surface area contributed by atoms with Crippen molar-refractivity contribution in [3.63, 3.8) is 0 Å². The van der Waals surface area contributed by atoms with E-state index in [0.29, 0.717) is 11.4 Å². The van der Waals surface area contributed by atoms with E-state index in [1.165, 1.54) is 6.33 Å². The van der Waals surface area contributed by atoms with E-state index in [0.717, 1.165) is 12.1 Å². The van der Waals surface area contributed by atoms with Crippen LogP contribution in [-0.2, 0) is 11.2 Å². The first-order valence-corrected chi connectivity index (χ1v) is 6.06. The number of carboxylic acid groups (broad SMARTS) is 1. The number of rotatable bonds is 5. The lowest BCUT2D eigenvalue weighted by Crippen LogP contribution is -2.21. The van der Waals surface area contributed by atoms with Gasteiger partial charge < -0.3 is 10.4 Å². The van der Waals surface area contributed by atoms with Crippen LogP contribution in [0.4, 0.5) is 5.82 Å². The topological polar surface area (TPSA) is 75.1 Å². The van der Waals surface area contributed by atoms with Crippen molar-refractivity contribution >= 4 is 11.8 Å². The quantitative estimate of drug-likeness (QED) is 0.859. The van der Waals surface area contributed by atoms with Gasteiger partial charge in [-0.05, 0) is 12.0 Å². The van der Waals surface area contributed by atoms with Crippen LogP contribution in [0.25, 0.3) is 0 Å². The summed E-state index contributed by atoms with van der Waals surface area (Å²) in [7, 11) is 0. The number of hydrogen-bond donors (Lipinski definition) is 2. The van der Waals surface area contributed by atoms with Crippen LogP contribution in [0.5, 0.6) is 0 Å². The fraction of sp³-hybridized carbons (Fsp3) is 0.214. The molecule has 5 heteroatoms. The van der Waals surface area contributed by atoms with E-state index >= 15 is 0 Å². The molecule has 0 aliphatic carbocycles. The molecule has 0 aliphatic rings. The van der Waals surface area contributed by atoms with Crippen molar-refractivity contribution in [3.8, 4) is 0 Å². The second-order valence-corrected chi connectivity index (χ2v) is 4.07. The molecule has 0 fully saturated rings. The van der Waals surface area contributed by atoms with Crippen LogP contribution in [-0.4, -0.2) is 21.0 Å². The Bertz CT molecular complexity index is 558. The number of nitrogens with one attached hydrogen (secondary N) is 1. The van der Waals surface area contributed by atoms with E-state index in [9.17, 15) is 9.90 Å². The Morgan fingerprint density at radius 2 is 2.05 bits per heavy atom. The summed E-state index contributed by atoms with van der Waals surface area (Å²) in [5.41, 5.74) is 1.56. The van der Waals surface area contributed by atoms with Crippen LogP contribution >= 0.6 is 0 Å². The summed E-state index contributed by atoms with van der Waals surface area (Å²) in [6.07, 6.45) is 2.21. The Balaban J connectivity index is 2.24. The average Bonchev–Trinajstić information content (AvgIpc) is 2.45. The molecule has 0 aliphatic heterocycles. The predicted molar refractivity (Wildman–Crippen MR) is 71.9 cm³/mol. The molecule has 2 rings (SSSR count). The normalized spacial score (nSPS) is 11.8. The van der Waals surface area contributed by atoms with E-state index in [-0.39, 0.29) is 0 Å². The van der Waals surface area contributed by atoms with Gasteiger partial charge in [0.05, 0.1) is 0 Å². The van der Waals surface area contributed by atoms with Crippen LogP contribution in [0.15, 0.2) is 42.7 Å². The summed E-state index contributed by atoms with van der Waals surface area (Å²) >= 11 is 0. The van der Waals surface area contributed by atoms with Crippen molar-refractivity contribution in [3.05, 3.63) is 54.0 Å². The van der Waals surface area contributed by atoms with Crippen LogP contribution in [0.2, 0.25) is 0 Å². The lowest BCUT2D eigenvalue weighted by atomic mass is 10.1.